The summed E-state index contributed by atoms with van der Waals surface area (Å²) < 4.78 is 10.9. The molecular weight excluding hydrogens is 456 g/mol. The highest BCUT2D eigenvalue weighted by Crippen LogP contribution is 2.44. The van der Waals surface area contributed by atoms with E-state index in [9.17, 15) is 19.5 Å². The number of esters is 1. The number of ketones is 1. The van der Waals surface area contributed by atoms with Crippen LogP contribution in [-0.4, -0.2) is 34.9 Å². The molecule has 9 heteroatoms. The van der Waals surface area contributed by atoms with Crippen molar-refractivity contribution in [2.45, 2.75) is 13.0 Å². The molecule has 0 bridgehead atoms. The minimum Gasteiger partial charge on any atom is -0.503 e. The lowest BCUT2D eigenvalue weighted by Crippen LogP contribution is -2.31. The van der Waals surface area contributed by atoms with Gasteiger partial charge < -0.3 is 14.3 Å². The Bertz CT molecular complexity index is 1470. The van der Waals surface area contributed by atoms with Gasteiger partial charge in [-0.05, 0) is 54.4 Å². The van der Waals surface area contributed by atoms with Gasteiger partial charge in [-0.3, -0.25) is 14.5 Å². The predicted molar refractivity (Wildman–Crippen MR) is 125 cm³/mol. The molecular formula is C25H18N2O6S. The zero-order valence-electron chi connectivity index (χ0n) is 18.1. The number of benzene rings is 2. The summed E-state index contributed by atoms with van der Waals surface area (Å²) in [5.74, 6) is -2.55. The first-order valence-electron chi connectivity index (χ1n) is 10.3. The number of hydrogen-bond acceptors (Lipinski definition) is 8. The van der Waals surface area contributed by atoms with Gasteiger partial charge in [-0.2, -0.15) is 0 Å². The van der Waals surface area contributed by atoms with Gasteiger partial charge in [-0.1, -0.05) is 29.5 Å². The number of aromatic nitrogens is 1. The highest BCUT2D eigenvalue weighted by atomic mass is 32.1. The van der Waals surface area contributed by atoms with Crippen LogP contribution in [0.2, 0.25) is 0 Å². The number of Topliss-reactive ketones (excluding diaryl/α,β-unsaturated/α-hetero) is 1. The van der Waals surface area contributed by atoms with Crippen LogP contribution in [-0.2, 0) is 9.53 Å². The number of carbonyl (C=O) groups excluding carboxylic acids is 3. The number of amides is 1. The number of aliphatic hydroxyl groups excluding tert-OH is 1. The van der Waals surface area contributed by atoms with Crippen molar-refractivity contribution in [1.29, 1.82) is 0 Å². The van der Waals surface area contributed by atoms with Crippen LogP contribution >= 0.6 is 11.3 Å². The Hall–Kier alpha value is -4.24. The molecule has 1 atom stereocenters. The third-order valence-corrected chi connectivity index (χ3v) is 6.60. The topological polar surface area (TPSA) is 110 Å². The summed E-state index contributed by atoms with van der Waals surface area (Å²) in [5, 5.41) is 11.2. The fourth-order valence-electron chi connectivity index (χ4n) is 3.93. The van der Waals surface area contributed by atoms with Gasteiger partial charge in [0.05, 0.1) is 40.8 Å². The Kier molecular flexibility index (Phi) is 5.25. The van der Waals surface area contributed by atoms with E-state index in [1.165, 1.54) is 47.8 Å². The molecule has 0 saturated heterocycles. The molecule has 5 rings (SSSR count). The number of ether oxygens (including phenoxy) is 1. The van der Waals surface area contributed by atoms with Crippen molar-refractivity contribution in [3.05, 3.63) is 94.6 Å². The van der Waals surface area contributed by atoms with Gasteiger partial charge in [0.15, 0.2) is 16.7 Å². The normalized spacial score (nSPS) is 15.9. The van der Waals surface area contributed by atoms with Crippen molar-refractivity contribution in [2.24, 2.45) is 0 Å². The summed E-state index contributed by atoms with van der Waals surface area (Å²) in [6, 6.07) is 14.1. The second-order valence-corrected chi connectivity index (χ2v) is 8.74. The van der Waals surface area contributed by atoms with Gasteiger partial charge in [-0.15, -0.1) is 0 Å². The molecule has 170 valence electrons. The van der Waals surface area contributed by atoms with E-state index >= 15 is 0 Å². The summed E-state index contributed by atoms with van der Waals surface area (Å²) in [5.41, 5.74) is 2.44. The van der Waals surface area contributed by atoms with Crippen molar-refractivity contribution >= 4 is 44.3 Å². The van der Waals surface area contributed by atoms with Crippen LogP contribution in [0.5, 0.6) is 0 Å². The Morgan fingerprint density at radius 1 is 1.15 bits per heavy atom. The van der Waals surface area contributed by atoms with E-state index in [2.05, 4.69) is 4.98 Å². The summed E-state index contributed by atoms with van der Waals surface area (Å²) in [7, 11) is 1.28. The molecule has 2 aromatic heterocycles. The molecule has 0 aliphatic carbocycles. The second-order valence-electron chi connectivity index (χ2n) is 7.73. The van der Waals surface area contributed by atoms with Crippen LogP contribution in [0.3, 0.4) is 0 Å². The molecule has 3 heterocycles. The first-order chi connectivity index (χ1) is 16.4. The standard InChI is InChI=1S/C25H18N2O6S/c1-13-5-10-16-18(12-13)34-25(26-16)27-20(14-6-8-15(9-7-14)24(31)32-2)19(22(29)23(27)30)21(28)17-4-3-11-33-17/h3-12,20,29H,1-2H3. The number of furan rings is 1. The van der Waals surface area contributed by atoms with E-state index < -0.39 is 29.5 Å². The van der Waals surface area contributed by atoms with Gasteiger partial charge in [-0.25, -0.2) is 9.78 Å². The van der Waals surface area contributed by atoms with Crippen LogP contribution in [0.25, 0.3) is 10.2 Å². The fourth-order valence-corrected chi connectivity index (χ4v) is 5.02. The van der Waals surface area contributed by atoms with Crippen molar-refractivity contribution in [3.8, 4) is 0 Å². The van der Waals surface area contributed by atoms with Crippen molar-refractivity contribution in [1.82, 2.24) is 4.98 Å². The Morgan fingerprint density at radius 2 is 1.91 bits per heavy atom. The number of rotatable bonds is 5. The molecule has 0 fully saturated rings. The van der Waals surface area contributed by atoms with Gasteiger partial charge in [0.1, 0.15) is 0 Å². The molecule has 1 N–H and O–H groups in total. The van der Waals surface area contributed by atoms with Crippen molar-refractivity contribution in [2.75, 3.05) is 12.0 Å². The molecule has 1 amide bonds. The van der Waals surface area contributed by atoms with E-state index in [0.29, 0.717) is 21.8 Å². The largest absolute Gasteiger partial charge is 0.503 e. The van der Waals surface area contributed by atoms with Crippen LogP contribution in [0.15, 0.2) is 76.6 Å². The number of nitrogens with zero attached hydrogens (tertiary/aromatic N) is 2. The summed E-state index contributed by atoms with van der Waals surface area (Å²) in [4.78, 5) is 44.3. The molecule has 0 spiro atoms. The first kappa shape index (κ1) is 21.6. The maximum atomic E-state index is 13.3. The summed E-state index contributed by atoms with van der Waals surface area (Å²) in [6.45, 7) is 1.96. The Balaban J connectivity index is 1.66. The second kappa shape index (κ2) is 8.27. The lowest BCUT2D eigenvalue weighted by Gasteiger charge is -2.24. The summed E-state index contributed by atoms with van der Waals surface area (Å²) in [6.07, 6.45) is 1.34. The maximum Gasteiger partial charge on any atom is 0.337 e. The van der Waals surface area contributed by atoms with Gasteiger partial charge in [0, 0.05) is 0 Å². The smallest absolute Gasteiger partial charge is 0.337 e. The van der Waals surface area contributed by atoms with Gasteiger partial charge in [0.2, 0.25) is 5.78 Å². The van der Waals surface area contributed by atoms with E-state index in [0.717, 1.165) is 10.3 Å². The van der Waals surface area contributed by atoms with E-state index in [-0.39, 0.29) is 11.3 Å². The highest BCUT2D eigenvalue weighted by Gasteiger charge is 2.46. The zero-order chi connectivity index (χ0) is 24.0. The van der Waals surface area contributed by atoms with Crippen LogP contribution in [0, 0.1) is 6.92 Å². The third kappa shape index (κ3) is 3.46. The minimum atomic E-state index is -0.974. The first-order valence-corrected chi connectivity index (χ1v) is 11.1. The van der Waals surface area contributed by atoms with Crippen molar-refractivity contribution < 1.29 is 28.6 Å². The van der Waals surface area contributed by atoms with Crippen molar-refractivity contribution in [3.63, 3.8) is 0 Å². The number of thiazole rings is 1. The molecule has 1 unspecified atom stereocenters. The number of hydrogen-bond donors (Lipinski definition) is 1. The highest BCUT2D eigenvalue weighted by molar-refractivity contribution is 7.22. The molecule has 4 aromatic rings. The molecule has 34 heavy (non-hydrogen) atoms. The average Bonchev–Trinajstić information content (AvgIpc) is 3.57. The number of methoxy groups -OCH3 is 1. The number of anilines is 1. The van der Waals surface area contributed by atoms with Crippen LogP contribution in [0.1, 0.15) is 38.1 Å². The lowest BCUT2D eigenvalue weighted by atomic mass is 9.94. The zero-order valence-corrected chi connectivity index (χ0v) is 19.0. The SMILES string of the molecule is COC(=O)c1ccc(C2C(C(=O)c3ccco3)=C(O)C(=O)N2c2nc3ccc(C)cc3s2)cc1. The maximum absolute atomic E-state index is 13.3. The van der Waals surface area contributed by atoms with Crippen LogP contribution < -0.4 is 4.90 Å². The number of fused-ring (bicyclic) bond motifs is 1. The van der Waals surface area contributed by atoms with Gasteiger partial charge in [0.25, 0.3) is 5.91 Å². The summed E-state index contributed by atoms with van der Waals surface area (Å²) >= 11 is 1.28. The predicted octanol–water partition coefficient (Wildman–Crippen LogP) is 4.77. The monoisotopic (exact) mass is 474 g/mol. The van der Waals surface area contributed by atoms with E-state index in [1.807, 2.05) is 25.1 Å². The molecule has 0 saturated carbocycles. The average molecular weight is 474 g/mol. The van der Waals surface area contributed by atoms with Gasteiger partial charge >= 0.3 is 5.97 Å². The minimum absolute atomic E-state index is 0.00712. The quantitative estimate of drug-likeness (QED) is 0.328. The number of aliphatic hydroxyl groups is 1. The fraction of sp³-hybridized carbons (Fsp3) is 0.120. The Labute approximate surface area is 197 Å². The molecule has 1 aliphatic heterocycles. The Morgan fingerprint density at radius 3 is 2.59 bits per heavy atom. The third-order valence-electron chi connectivity index (χ3n) is 5.58. The molecule has 8 nitrogen and oxygen atoms in total. The van der Waals surface area contributed by atoms with E-state index in [4.69, 9.17) is 9.15 Å². The number of carbonyl (C=O) groups is 3. The van der Waals surface area contributed by atoms with Crippen LogP contribution in [0.4, 0.5) is 5.13 Å². The molecule has 0 radical (unpaired) electrons. The van der Waals surface area contributed by atoms with E-state index in [1.54, 1.807) is 18.2 Å². The molecule has 2 aromatic carbocycles. The number of aryl methyl sites for hydroxylation is 1. The lowest BCUT2D eigenvalue weighted by molar-refractivity contribution is -0.117. The molecule has 1 aliphatic rings.